The van der Waals surface area contributed by atoms with E-state index in [9.17, 15) is 24.3 Å². The molecule has 0 spiro atoms. The van der Waals surface area contributed by atoms with Crippen molar-refractivity contribution in [1.29, 1.82) is 0 Å². The van der Waals surface area contributed by atoms with E-state index in [0.717, 1.165) is 95.7 Å². The molecule has 8 saturated heterocycles. The van der Waals surface area contributed by atoms with Crippen molar-refractivity contribution in [3.8, 4) is 0 Å². The second-order valence-corrected chi connectivity index (χ2v) is 15.7. The normalized spacial score (nSPS) is 32.2. The van der Waals surface area contributed by atoms with Crippen molar-refractivity contribution in [3.05, 3.63) is 6.61 Å². The molecule has 8 aliphatic heterocycles. The largest absolute Gasteiger partial charge is 1.00 e. The van der Waals surface area contributed by atoms with Crippen LogP contribution < -0.4 is 29.5 Å². The number of carbonyl (C=O) groups excluding carboxylic acids is 3. The third kappa shape index (κ3) is 27.0. The smallest absolute Gasteiger partial charge is 1.00 e. The molecule has 4 N–H and O–H groups in total. The second kappa shape index (κ2) is 33.2. The number of ether oxygens (including phenoxy) is 7. The molecule has 8 aliphatic rings. The Kier molecular flexibility index (Phi) is 32.3. The first-order valence-corrected chi connectivity index (χ1v) is 20.2. The number of Topliss-reactive ketones (excluding diaryl/α,β-unsaturated/α-hetero) is 2. The quantitative estimate of drug-likeness (QED) is 0.121. The third-order valence-electron chi connectivity index (χ3n) is 10.2. The monoisotopic (exact) mass is 807 g/mol. The van der Waals surface area contributed by atoms with Crippen molar-refractivity contribution in [1.82, 2.24) is 10.6 Å². The average Bonchev–Trinajstić information content (AvgIpc) is 4.02. The molecular formula is C40H72BLiN2O13+. The molecule has 323 valence electrons. The van der Waals surface area contributed by atoms with Crippen LogP contribution in [0.1, 0.15) is 112 Å². The summed E-state index contributed by atoms with van der Waals surface area (Å²) in [4.78, 5) is 40.5. The van der Waals surface area contributed by atoms with Crippen molar-refractivity contribution in [2.45, 2.75) is 154 Å². The summed E-state index contributed by atoms with van der Waals surface area (Å²) >= 11 is 0. The number of hydrogen-bond acceptors (Lipinski definition) is 14. The van der Waals surface area contributed by atoms with Gasteiger partial charge in [-0.25, -0.2) is 0 Å². The average molecular weight is 807 g/mol. The molecule has 0 aromatic rings. The number of aliphatic hydroxyl groups is 1. The van der Waals surface area contributed by atoms with Gasteiger partial charge in [-0.1, -0.05) is 20.8 Å². The molecule has 10 atom stereocenters. The standard InChI is InChI=1S/C7H13NO.C7H11NO.C6H12O3.C5H6O5.2C5H10O.C5H9O.B.Li.H/c2*9-7-3-5-1-2-6(4-7)8-5;1-7-5-3-4-6(8-2)9-5;6-3-10-2-4(7)1-5(8)9;3*1-5-2-3-6-4-5;;;/h5-9H,1-4H2;5-6,8H,1-4H2;5-6H,3-4H2,1-2H3;3H,1-2H2,(H,8,9);2*5H,2-4H2,1H3;3,5H,2,4H2,1H3;;;/q;;;;;;+1;;+1;-1/t5-,6+,7?;;;;3*5-;;;/m....000.../s1. The number of nitrogens with one attached hydrogen (secondary N) is 2. The first-order chi connectivity index (χ1) is 26.4. The summed E-state index contributed by atoms with van der Waals surface area (Å²) in [7, 11) is 3.28. The van der Waals surface area contributed by atoms with Crippen LogP contribution in [0.5, 0.6) is 0 Å². The summed E-state index contributed by atoms with van der Waals surface area (Å²) in [5, 5.41) is 24.1. The van der Waals surface area contributed by atoms with Crippen LogP contribution in [0.3, 0.4) is 0 Å². The Labute approximate surface area is 356 Å². The number of ketones is 2. The minimum absolute atomic E-state index is 0. The van der Waals surface area contributed by atoms with Crippen molar-refractivity contribution >= 4 is 32.4 Å². The van der Waals surface area contributed by atoms with Crippen LogP contribution in [0.15, 0.2) is 0 Å². The Hall–Kier alpha value is -1.55. The molecule has 8 rings (SSSR count). The minimum Gasteiger partial charge on any atom is -1.00 e. The van der Waals surface area contributed by atoms with Gasteiger partial charge >= 0.3 is 24.8 Å². The van der Waals surface area contributed by atoms with E-state index in [-0.39, 0.29) is 53.9 Å². The molecule has 8 fully saturated rings. The predicted molar refractivity (Wildman–Crippen MR) is 211 cm³/mol. The van der Waals surface area contributed by atoms with Gasteiger partial charge in [-0.15, -0.1) is 0 Å². The van der Waals surface area contributed by atoms with E-state index in [1.165, 1.54) is 38.5 Å². The number of hydrogen-bond donors (Lipinski definition) is 4. The number of carboxylic acid groups (broad SMARTS) is 1. The Balaban J connectivity index is 0. The van der Waals surface area contributed by atoms with Crippen LogP contribution in [0.4, 0.5) is 0 Å². The molecule has 0 aromatic heterocycles. The molecule has 15 nitrogen and oxygen atoms in total. The van der Waals surface area contributed by atoms with E-state index in [4.69, 9.17) is 33.5 Å². The Bertz CT molecular complexity index is 1000. The molecule has 3 radical (unpaired) electrons. The van der Waals surface area contributed by atoms with E-state index in [1.807, 2.05) is 6.61 Å². The summed E-state index contributed by atoms with van der Waals surface area (Å²) in [6.07, 6.45) is 13.4. The number of carbonyl (C=O) groups is 4. The van der Waals surface area contributed by atoms with Crippen molar-refractivity contribution in [3.63, 3.8) is 0 Å². The SMILES string of the molecule is COC1CCC(OC)O1.C[C@H]1CCOC1.C[C@H]1CCOC1.C[C@H]1C[CH+]OC1.O=C1CC2CCC(C1)N2.O=COCC(=O)CC(=O)O.OC1C[C@H]2CC[C@@H](C1)N2.[B].[H-].[Li+]. The zero-order valence-electron chi connectivity index (χ0n) is 36.5. The Morgan fingerprint density at radius 2 is 1.30 bits per heavy atom. The van der Waals surface area contributed by atoms with Gasteiger partial charge in [0.15, 0.2) is 18.4 Å². The van der Waals surface area contributed by atoms with Crippen LogP contribution in [0, 0.1) is 24.4 Å². The minimum atomic E-state index is -1.22. The van der Waals surface area contributed by atoms with E-state index in [0.29, 0.717) is 30.0 Å². The third-order valence-corrected chi connectivity index (χ3v) is 10.2. The predicted octanol–water partition coefficient (Wildman–Crippen LogP) is 0.702. The molecular weight excluding hydrogens is 734 g/mol. The maximum absolute atomic E-state index is 10.9. The summed E-state index contributed by atoms with van der Waals surface area (Å²) in [6.45, 7) is 13.0. The van der Waals surface area contributed by atoms with Gasteiger partial charge in [0, 0.05) is 105 Å². The van der Waals surface area contributed by atoms with E-state index in [1.54, 1.807) is 14.2 Å². The van der Waals surface area contributed by atoms with Crippen LogP contribution >= 0.6 is 0 Å². The number of aliphatic carboxylic acids is 1. The number of methoxy groups -OCH3 is 2. The summed E-state index contributed by atoms with van der Waals surface area (Å²) in [6, 6.07) is 2.35. The number of aliphatic hydroxyl groups excluding tert-OH is 1. The van der Waals surface area contributed by atoms with Crippen LogP contribution in [0.25, 0.3) is 0 Å². The molecule has 0 aromatic carbocycles. The second-order valence-electron chi connectivity index (χ2n) is 15.7. The summed E-state index contributed by atoms with van der Waals surface area (Å²) < 4.78 is 34.1. The molecule has 5 unspecified atom stereocenters. The van der Waals surface area contributed by atoms with Gasteiger partial charge in [0.2, 0.25) is 6.61 Å². The topological polar surface area (TPSA) is 197 Å². The Morgan fingerprint density at radius 1 is 0.807 bits per heavy atom. The first-order valence-electron chi connectivity index (χ1n) is 20.2. The van der Waals surface area contributed by atoms with Gasteiger partial charge in [-0.2, -0.15) is 4.74 Å². The van der Waals surface area contributed by atoms with Gasteiger partial charge in [-0.05, 0) is 63.2 Å². The van der Waals surface area contributed by atoms with Gasteiger partial charge in [0.25, 0.3) is 6.47 Å². The van der Waals surface area contributed by atoms with Crippen molar-refractivity contribution < 1.29 is 82.8 Å². The van der Waals surface area contributed by atoms with Gasteiger partial charge in [-0.3, -0.25) is 19.2 Å². The fourth-order valence-electron chi connectivity index (χ4n) is 6.99. The number of rotatable bonds is 7. The van der Waals surface area contributed by atoms with Crippen LogP contribution in [-0.4, -0.2) is 139 Å². The van der Waals surface area contributed by atoms with Crippen LogP contribution in [-0.2, 0) is 52.3 Å². The molecule has 57 heavy (non-hydrogen) atoms. The summed E-state index contributed by atoms with van der Waals surface area (Å²) in [5.41, 5.74) is 0. The van der Waals surface area contributed by atoms with Crippen LogP contribution in [0.2, 0.25) is 0 Å². The molecule has 0 saturated carbocycles. The van der Waals surface area contributed by atoms with Crippen molar-refractivity contribution in [2.24, 2.45) is 17.8 Å². The van der Waals surface area contributed by atoms with Crippen molar-refractivity contribution in [2.75, 3.05) is 53.9 Å². The summed E-state index contributed by atoms with van der Waals surface area (Å²) in [5.74, 6) is 1.03. The van der Waals surface area contributed by atoms with Gasteiger partial charge in [0.1, 0.15) is 31.8 Å². The fraction of sp³-hybridized carbons (Fsp3) is 0.875. The number of carboxylic acids is 1. The maximum Gasteiger partial charge on any atom is 1.00 e. The zero-order valence-corrected chi connectivity index (χ0v) is 35.5. The van der Waals surface area contributed by atoms with Gasteiger partial charge < -0.3 is 50.7 Å². The molecule has 17 heteroatoms. The Morgan fingerprint density at radius 3 is 1.61 bits per heavy atom. The van der Waals surface area contributed by atoms with Gasteiger partial charge in [0.05, 0.1) is 6.10 Å². The fourth-order valence-corrected chi connectivity index (χ4v) is 6.99. The van der Waals surface area contributed by atoms with E-state index >= 15 is 0 Å². The maximum atomic E-state index is 10.9. The first kappa shape index (κ1) is 55.5. The molecule has 0 amide bonds. The zero-order chi connectivity index (χ0) is 40.4. The van der Waals surface area contributed by atoms with E-state index in [2.05, 4.69) is 36.1 Å². The van der Waals surface area contributed by atoms with E-state index < -0.39 is 24.8 Å². The molecule has 0 aliphatic carbocycles. The molecule has 8 heterocycles. The molecule has 4 bridgehead atoms. The number of fused-ring (bicyclic) bond motifs is 4. The number of piperidine rings is 2.